The Morgan fingerprint density at radius 3 is 2.64 bits per heavy atom. The van der Waals surface area contributed by atoms with Crippen molar-refractivity contribution in [2.75, 3.05) is 0 Å². The lowest BCUT2D eigenvalue weighted by Crippen LogP contribution is -1.89. The lowest BCUT2D eigenvalue weighted by molar-refractivity contribution is 0.432. The summed E-state index contributed by atoms with van der Waals surface area (Å²) in [5.74, 6) is 1.05. The summed E-state index contributed by atoms with van der Waals surface area (Å²) in [5.41, 5.74) is 3.62. The molecule has 3 heterocycles. The van der Waals surface area contributed by atoms with Gasteiger partial charge in [0.2, 0.25) is 5.82 Å². The molecule has 0 aliphatic heterocycles. The van der Waals surface area contributed by atoms with Gasteiger partial charge in [0.15, 0.2) is 0 Å². The maximum Gasteiger partial charge on any atom is 0.258 e. The van der Waals surface area contributed by atoms with Gasteiger partial charge in [0, 0.05) is 34.6 Å². The molecule has 5 heteroatoms. The second-order valence-electron chi connectivity index (χ2n) is 4.99. The third-order valence-electron chi connectivity index (χ3n) is 3.44. The summed E-state index contributed by atoms with van der Waals surface area (Å²) in [5, 5.41) is 5.13. The van der Waals surface area contributed by atoms with E-state index in [2.05, 4.69) is 20.1 Å². The minimum absolute atomic E-state index is 0.482. The predicted molar refractivity (Wildman–Crippen MR) is 83.0 cm³/mol. The third kappa shape index (κ3) is 2.13. The number of rotatable bonds is 2. The highest BCUT2D eigenvalue weighted by Crippen LogP contribution is 2.28. The van der Waals surface area contributed by atoms with E-state index in [0.717, 1.165) is 27.7 Å². The number of hydrogen-bond acceptors (Lipinski definition) is 5. The predicted octanol–water partition coefficient (Wildman–Crippen LogP) is 3.66. The Hall–Kier alpha value is -3.08. The minimum Gasteiger partial charge on any atom is -0.334 e. The zero-order valence-corrected chi connectivity index (χ0v) is 11.9. The van der Waals surface area contributed by atoms with Gasteiger partial charge in [-0.1, -0.05) is 23.4 Å². The van der Waals surface area contributed by atoms with E-state index >= 15 is 0 Å². The number of nitrogens with zero attached hydrogens (tertiary/aromatic N) is 4. The van der Waals surface area contributed by atoms with Gasteiger partial charge >= 0.3 is 0 Å². The quantitative estimate of drug-likeness (QED) is 0.563. The monoisotopic (exact) mass is 288 g/mol. The summed E-state index contributed by atoms with van der Waals surface area (Å²) in [4.78, 5) is 13.0. The van der Waals surface area contributed by atoms with E-state index < -0.39 is 0 Å². The minimum atomic E-state index is 0.482. The average molecular weight is 288 g/mol. The van der Waals surface area contributed by atoms with Crippen molar-refractivity contribution in [3.05, 3.63) is 60.6 Å². The van der Waals surface area contributed by atoms with Crippen molar-refractivity contribution in [2.45, 2.75) is 6.92 Å². The number of pyridine rings is 2. The van der Waals surface area contributed by atoms with Crippen LogP contribution in [0.15, 0.2) is 59.4 Å². The van der Waals surface area contributed by atoms with E-state index in [4.69, 9.17) is 4.52 Å². The van der Waals surface area contributed by atoms with Crippen molar-refractivity contribution in [3.8, 4) is 22.8 Å². The fourth-order valence-electron chi connectivity index (χ4n) is 2.44. The van der Waals surface area contributed by atoms with Gasteiger partial charge < -0.3 is 4.52 Å². The van der Waals surface area contributed by atoms with Crippen molar-refractivity contribution in [1.82, 2.24) is 20.1 Å². The summed E-state index contributed by atoms with van der Waals surface area (Å²) in [6.07, 6.45) is 3.40. The standard InChI is InChI=1S/C17H12N4O/c1-11-10-14(13-4-2-3-5-15(13)19-11)16-20-17(22-21-16)12-6-8-18-9-7-12/h2-10H,1H3. The molecule has 1 aromatic carbocycles. The lowest BCUT2D eigenvalue weighted by Gasteiger charge is -2.03. The lowest BCUT2D eigenvalue weighted by atomic mass is 10.1. The third-order valence-corrected chi connectivity index (χ3v) is 3.44. The first kappa shape index (κ1) is 12.6. The molecule has 0 saturated heterocycles. The molecule has 22 heavy (non-hydrogen) atoms. The molecule has 5 nitrogen and oxygen atoms in total. The van der Waals surface area contributed by atoms with Gasteiger partial charge in [-0.2, -0.15) is 4.98 Å². The molecule has 0 fully saturated rings. The number of fused-ring (bicyclic) bond motifs is 1. The van der Waals surface area contributed by atoms with Crippen LogP contribution in [0.3, 0.4) is 0 Å². The molecule has 3 aromatic heterocycles. The maximum absolute atomic E-state index is 5.38. The fourth-order valence-corrected chi connectivity index (χ4v) is 2.44. The van der Waals surface area contributed by atoms with Gasteiger partial charge in [-0.3, -0.25) is 9.97 Å². The fraction of sp³-hybridized carbons (Fsp3) is 0.0588. The van der Waals surface area contributed by atoms with Crippen LogP contribution >= 0.6 is 0 Å². The first-order chi connectivity index (χ1) is 10.8. The molecule has 106 valence electrons. The van der Waals surface area contributed by atoms with E-state index in [1.807, 2.05) is 49.4 Å². The topological polar surface area (TPSA) is 64.7 Å². The van der Waals surface area contributed by atoms with Gasteiger partial charge in [0.1, 0.15) is 0 Å². The van der Waals surface area contributed by atoms with Crippen LogP contribution in [-0.2, 0) is 0 Å². The molecule has 0 spiro atoms. The molecule has 0 aliphatic rings. The molecule has 0 saturated carbocycles. The maximum atomic E-state index is 5.38. The average Bonchev–Trinajstić information content (AvgIpc) is 3.05. The van der Waals surface area contributed by atoms with Gasteiger partial charge in [0.25, 0.3) is 5.89 Å². The van der Waals surface area contributed by atoms with E-state index in [9.17, 15) is 0 Å². The molecule has 0 amide bonds. The number of hydrogen-bond donors (Lipinski definition) is 0. The number of aryl methyl sites for hydroxylation is 1. The largest absolute Gasteiger partial charge is 0.334 e. The van der Waals surface area contributed by atoms with Crippen LogP contribution in [0.2, 0.25) is 0 Å². The van der Waals surface area contributed by atoms with Crippen LogP contribution in [-0.4, -0.2) is 20.1 Å². The van der Waals surface area contributed by atoms with Crippen molar-refractivity contribution in [2.24, 2.45) is 0 Å². The SMILES string of the molecule is Cc1cc(-c2noc(-c3ccncc3)n2)c2ccccc2n1. The van der Waals surface area contributed by atoms with E-state index in [-0.39, 0.29) is 0 Å². The van der Waals surface area contributed by atoms with Crippen molar-refractivity contribution in [3.63, 3.8) is 0 Å². The zero-order chi connectivity index (χ0) is 14.9. The van der Waals surface area contributed by atoms with Gasteiger partial charge in [0.05, 0.1) is 5.52 Å². The van der Waals surface area contributed by atoms with Crippen molar-refractivity contribution >= 4 is 10.9 Å². The summed E-state index contributed by atoms with van der Waals surface area (Å²) in [6, 6.07) is 13.6. The smallest absolute Gasteiger partial charge is 0.258 e. The second-order valence-corrected chi connectivity index (χ2v) is 4.99. The van der Waals surface area contributed by atoms with Gasteiger partial charge in [-0.05, 0) is 31.2 Å². The Bertz CT molecular complexity index is 947. The summed E-state index contributed by atoms with van der Waals surface area (Å²) in [7, 11) is 0. The van der Waals surface area contributed by atoms with Crippen LogP contribution < -0.4 is 0 Å². The molecule has 0 bridgehead atoms. The molecule has 0 atom stereocenters. The highest BCUT2D eigenvalue weighted by molar-refractivity contribution is 5.92. The Morgan fingerprint density at radius 1 is 0.955 bits per heavy atom. The van der Waals surface area contributed by atoms with E-state index in [1.54, 1.807) is 12.4 Å². The Kier molecular flexibility index (Phi) is 2.89. The van der Waals surface area contributed by atoms with Gasteiger partial charge in [-0.15, -0.1) is 0 Å². The summed E-state index contributed by atoms with van der Waals surface area (Å²) in [6.45, 7) is 1.96. The molecule has 0 radical (unpaired) electrons. The molecule has 4 rings (SSSR count). The number of benzene rings is 1. The number of aromatic nitrogens is 4. The molecular formula is C17H12N4O. The highest BCUT2D eigenvalue weighted by atomic mass is 16.5. The molecule has 0 N–H and O–H groups in total. The molecular weight excluding hydrogens is 276 g/mol. The van der Waals surface area contributed by atoms with E-state index in [0.29, 0.717) is 11.7 Å². The normalized spacial score (nSPS) is 11.0. The molecule has 0 aliphatic carbocycles. The first-order valence-corrected chi connectivity index (χ1v) is 6.92. The Balaban J connectivity index is 1.88. The molecule has 4 aromatic rings. The van der Waals surface area contributed by atoms with E-state index in [1.165, 1.54) is 0 Å². The molecule has 0 unspecified atom stereocenters. The van der Waals surface area contributed by atoms with Crippen LogP contribution in [0, 0.1) is 6.92 Å². The Labute approximate surface area is 126 Å². The number of para-hydroxylation sites is 1. The summed E-state index contributed by atoms with van der Waals surface area (Å²) < 4.78 is 5.38. The van der Waals surface area contributed by atoms with Crippen molar-refractivity contribution in [1.29, 1.82) is 0 Å². The van der Waals surface area contributed by atoms with Crippen LogP contribution in [0.4, 0.5) is 0 Å². The van der Waals surface area contributed by atoms with Crippen molar-refractivity contribution < 1.29 is 4.52 Å². The van der Waals surface area contributed by atoms with Crippen LogP contribution in [0.25, 0.3) is 33.7 Å². The van der Waals surface area contributed by atoms with Crippen LogP contribution in [0.1, 0.15) is 5.69 Å². The second kappa shape index (κ2) is 5.04. The highest BCUT2D eigenvalue weighted by Gasteiger charge is 2.14. The van der Waals surface area contributed by atoms with Crippen LogP contribution in [0.5, 0.6) is 0 Å². The zero-order valence-electron chi connectivity index (χ0n) is 11.9. The summed E-state index contributed by atoms with van der Waals surface area (Å²) >= 11 is 0. The van der Waals surface area contributed by atoms with Gasteiger partial charge in [-0.25, -0.2) is 0 Å². The first-order valence-electron chi connectivity index (χ1n) is 6.92. The Morgan fingerprint density at radius 2 is 1.77 bits per heavy atom.